The number of aromatic nitrogens is 3. The van der Waals surface area contributed by atoms with Gasteiger partial charge < -0.3 is 10.1 Å². The highest BCUT2D eigenvalue weighted by Gasteiger charge is 2.25. The van der Waals surface area contributed by atoms with Gasteiger partial charge in [0.25, 0.3) is 11.5 Å². The lowest BCUT2D eigenvalue weighted by Crippen LogP contribution is -2.51. The van der Waals surface area contributed by atoms with Gasteiger partial charge in [-0.3, -0.25) is 24.0 Å². The molecule has 0 radical (unpaired) electrons. The van der Waals surface area contributed by atoms with Crippen LogP contribution in [0, 0.1) is 12.8 Å². The highest BCUT2D eigenvalue weighted by atomic mass is 16.5. The van der Waals surface area contributed by atoms with E-state index in [-0.39, 0.29) is 28.5 Å². The van der Waals surface area contributed by atoms with E-state index < -0.39 is 11.2 Å². The number of hydrogen-bond donors (Lipinski definition) is 2. The second-order valence-corrected chi connectivity index (χ2v) is 7.50. The van der Waals surface area contributed by atoms with Crippen molar-refractivity contribution in [2.75, 3.05) is 32.8 Å². The Morgan fingerprint density at radius 2 is 2.00 bits per heavy atom. The van der Waals surface area contributed by atoms with E-state index in [4.69, 9.17) is 4.74 Å². The number of carbonyl (C=O) groups excluding carboxylic acids is 1. The number of amides is 1. The largest absolute Gasteiger partial charge is 0.379 e. The number of aryl methyl sites for hydroxylation is 2. The molecule has 2 N–H and O–H groups in total. The van der Waals surface area contributed by atoms with Crippen LogP contribution in [0.25, 0.3) is 11.0 Å². The van der Waals surface area contributed by atoms with Gasteiger partial charge in [-0.25, -0.2) is 9.78 Å². The molecule has 3 rings (SSSR count). The zero-order chi connectivity index (χ0) is 20.4. The van der Waals surface area contributed by atoms with Crippen LogP contribution in [0.4, 0.5) is 0 Å². The lowest BCUT2D eigenvalue weighted by Gasteiger charge is -2.36. The van der Waals surface area contributed by atoms with Crippen LogP contribution in [-0.4, -0.2) is 64.2 Å². The average molecular weight is 389 g/mol. The van der Waals surface area contributed by atoms with E-state index in [1.165, 1.54) is 11.6 Å². The Labute approximate surface area is 162 Å². The van der Waals surface area contributed by atoms with Crippen LogP contribution in [-0.2, 0) is 11.8 Å². The summed E-state index contributed by atoms with van der Waals surface area (Å²) in [6, 6.07) is 1.75. The second-order valence-electron chi connectivity index (χ2n) is 7.50. The summed E-state index contributed by atoms with van der Waals surface area (Å²) in [7, 11) is 1.52. The molecule has 0 aromatic carbocycles. The van der Waals surface area contributed by atoms with Gasteiger partial charge in [-0.15, -0.1) is 0 Å². The van der Waals surface area contributed by atoms with Gasteiger partial charge in [0.1, 0.15) is 5.65 Å². The summed E-state index contributed by atoms with van der Waals surface area (Å²) in [4.78, 5) is 46.0. The molecule has 152 valence electrons. The fraction of sp³-hybridized carbons (Fsp3) is 0.579. The molecule has 0 saturated carbocycles. The Balaban J connectivity index is 1.90. The van der Waals surface area contributed by atoms with Crippen LogP contribution in [0.1, 0.15) is 29.9 Å². The van der Waals surface area contributed by atoms with Gasteiger partial charge in [0.2, 0.25) is 0 Å². The summed E-state index contributed by atoms with van der Waals surface area (Å²) < 4.78 is 6.66. The normalized spacial score (nSPS) is 16.5. The zero-order valence-electron chi connectivity index (χ0n) is 16.7. The molecule has 3 heterocycles. The minimum Gasteiger partial charge on any atom is -0.379 e. The van der Waals surface area contributed by atoms with Gasteiger partial charge in [-0.1, -0.05) is 13.8 Å². The van der Waals surface area contributed by atoms with Crippen LogP contribution in [0.3, 0.4) is 0 Å². The summed E-state index contributed by atoms with van der Waals surface area (Å²) in [5.41, 5.74) is -0.179. The van der Waals surface area contributed by atoms with Gasteiger partial charge in [0, 0.05) is 38.4 Å². The number of hydrogen-bond acceptors (Lipinski definition) is 6. The molecule has 1 saturated heterocycles. The van der Waals surface area contributed by atoms with E-state index in [0.29, 0.717) is 31.4 Å². The molecule has 0 bridgehead atoms. The number of ether oxygens (including phenoxy) is 1. The van der Waals surface area contributed by atoms with Crippen molar-refractivity contribution in [3.63, 3.8) is 0 Å². The number of pyridine rings is 1. The Kier molecular flexibility index (Phi) is 5.95. The van der Waals surface area contributed by atoms with Crippen molar-refractivity contribution in [1.29, 1.82) is 0 Å². The molecular formula is C19H27N5O4. The van der Waals surface area contributed by atoms with Crippen LogP contribution >= 0.6 is 0 Å². The Morgan fingerprint density at radius 3 is 2.64 bits per heavy atom. The van der Waals surface area contributed by atoms with Crippen molar-refractivity contribution >= 4 is 16.9 Å². The Hall–Kier alpha value is -2.52. The minimum absolute atomic E-state index is 0.123. The van der Waals surface area contributed by atoms with Crippen LogP contribution in [0.5, 0.6) is 0 Å². The highest BCUT2D eigenvalue weighted by Crippen LogP contribution is 2.15. The van der Waals surface area contributed by atoms with Crippen LogP contribution < -0.4 is 16.6 Å². The molecule has 2 aromatic rings. The molecule has 2 aromatic heterocycles. The monoisotopic (exact) mass is 389 g/mol. The molecule has 1 atom stereocenters. The van der Waals surface area contributed by atoms with Crippen molar-refractivity contribution in [1.82, 2.24) is 24.8 Å². The fourth-order valence-corrected chi connectivity index (χ4v) is 3.63. The molecule has 9 nitrogen and oxygen atoms in total. The molecule has 1 aliphatic heterocycles. The lowest BCUT2D eigenvalue weighted by atomic mass is 10.0. The maximum atomic E-state index is 12.9. The summed E-state index contributed by atoms with van der Waals surface area (Å²) in [5, 5.41) is 3.09. The first kappa shape index (κ1) is 20.2. The SMILES string of the molecule is Cc1cc(C(=O)NCC(C(C)C)N2CCOCC2)c2c(=O)[nH]c(=O)n(C)c2n1. The summed E-state index contributed by atoms with van der Waals surface area (Å²) in [6.45, 7) is 9.48. The fourth-order valence-electron chi connectivity index (χ4n) is 3.63. The van der Waals surface area contributed by atoms with E-state index in [1.54, 1.807) is 13.0 Å². The lowest BCUT2D eigenvalue weighted by molar-refractivity contribution is 0.00673. The van der Waals surface area contributed by atoms with E-state index in [0.717, 1.165) is 13.1 Å². The highest BCUT2D eigenvalue weighted by molar-refractivity contribution is 6.05. The maximum absolute atomic E-state index is 12.9. The quantitative estimate of drug-likeness (QED) is 0.746. The van der Waals surface area contributed by atoms with Gasteiger partial charge in [-0.2, -0.15) is 0 Å². The van der Waals surface area contributed by atoms with E-state index >= 15 is 0 Å². The number of carbonyl (C=O) groups is 1. The predicted octanol–water partition coefficient (Wildman–Crippen LogP) is 0.0168. The zero-order valence-corrected chi connectivity index (χ0v) is 16.7. The number of nitrogens with one attached hydrogen (secondary N) is 2. The standard InChI is InChI=1S/C19H27N5O4/c1-11(2)14(24-5-7-28-8-6-24)10-20-17(25)13-9-12(3)21-16-15(13)18(26)22-19(27)23(16)4/h9,11,14H,5-8,10H2,1-4H3,(H,20,25)(H,22,26,27). The molecule has 0 aliphatic carbocycles. The van der Waals surface area contributed by atoms with Gasteiger partial charge in [0.15, 0.2) is 0 Å². The van der Waals surface area contributed by atoms with Crippen molar-refractivity contribution in [2.45, 2.75) is 26.8 Å². The number of fused-ring (bicyclic) bond motifs is 1. The first-order valence-corrected chi connectivity index (χ1v) is 9.50. The van der Waals surface area contributed by atoms with Crippen molar-refractivity contribution in [2.24, 2.45) is 13.0 Å². The molecule has 9 heteroatoms. The minimum atomic E-state index is -0.607. The molecule has 28 heavy (non-hydrogen) atoms. The van der Waals surface area contributed by atoms with Crippen molar-refractivity contribution < 1.29 is 9.53 Å². The van der Waals surface area contributed by atoms with E-state index in [1.807, 2.05) is 0 Å². The third-order valence-corrected chi connectivity index (χ3v) is 5.20. The topological polar surface area (TPSA) is 109 Å². The molecule has 1 amide bonds. The molecule has 1 unspecified atom stereocenters. The Bertz CT molecular complexity index is 988. The molecule has 1 aliphatic rings. The number of nitrogens with zero attached hydrogens (tertiary/aromatic N) is 3. The summed E-state index contributed by atoms with van der Waals surface area (Å²) >= 11 is 0. The van der Waals surface area contributed by atoms with Gasteiger partial charge in [-0.05, 0) is 18.9 Å². The first-order chi connectivity index (χ1) is 13.3. The number of rotatable bonds is 5. The number of morpholine rings is 1. The predicted molar refractivity (Wildman–Crippen MR) is 106 cm³/mol. The maximum Gasteiger partial charge on any atom is 0.329 e. The number of H-pyrrole nitrogens is 1. The van der Waals surface area contributed by atoms with Gasteiger partial charge >= 0.3 is 5.69 Å². The van der Waals surface area contributed by atoms with Crippen molar-refractivity contribution in [3.8, 4) is 0 Å². The summed E-state index contributed by atoms with van der Waals surface area (Å²) in [5.74, 6) is -0.00268. The molecular weight excluding hydrogens is 362 g/mol. The van der Waals surface area contributed by atoms with Crippen molar-refractivity contribution in [3.05, 3.63) is 38.2 Å². The van der Waals surface area contributed by atoms with Crippen LogP contribution in [0.15, 0.2) is 15.7 Å². The third kappa shape index (κ3) is 4.00. The average Bonchev–Trinajstić information content (AvgIpc) is 2.66. The first-order valence-electron chi connectivity index (χ1n) is 9.50. The number of aromatic amines is 1. The molecule has 1 fully saturated rings. The third-order valence-electron chi connectivity index (χ3n) is 5.20. The van der Waals surface area contributed by atoms with Gasteiger partial charge in [0.05, 0.1) is 24.2 Å². The molecule has 0 spiro atoms. The smallest absolute Gasteiger partial charge is 0.329 e. The van der Waals surface area contributed by atoms with E-state index in [9.17, 15) is 14.4 Å². The Morgan fingerprint density at radius 1 is 1.32 bits per heavy atom. The van der Waals surface area contributed by atoms with E-state index in [2.05, 4.69) is 34.0 Å². The second kappa shape index (κ2) is 8.24. The van der Waals surface area contributed by atoms with Crippen LogP contribution in [0.2, 0.25) is 0 Å². The summed E-state index contributed by atoms with van der Waals surface area (Å²) in [6.07, 6.45) is 0.